The second kappa shape index (κ2) is 8.93. The Morgan fingerprint density at radius 2 is 1.71 bits per heavy atom. The quantitative estimate of drug-likeness (QED) is 0.383. The molecule has 146 valence electrons. The predicted octanol–water partition coefficient (Wildman–Crippen LogP) is 1.35. The molecule has 0 spiro atoms. The van der Waals surface area contributed by atoms with Gasteiger partial charge in [-0.25, -0.2) is 15.0 Å². The first-order valence-corrected chi connectivity index (χ1v) is 8.39. The molecule has 2 aromatic heterocycles. The molecule has 0 radical (unpaired) electrons. The highest BCUT2D eigenvalue weighted by Crippen LogP contribution is 2.34. The Bertz CT molecular complexity index is 932. The van der Waals surface area contributed by atoms with Crippen molar-refractivity contribution in [2.75, 3.05) is 44.3 Å². The molecule has 28 heavy (non-hydrogen) atoms. The minimum absolute atomic E-state index is 0.0478. The molecule has 0 aliphatic rings. The normalized spacial score (nSPS) is 10.8. The van der Waals surface area contributed by atoms with E-state index in [1.165, 1.54) is 0 Å². The number of nitrogens with two attached hydrogens (primary N) is 3. The van der Waals surface area contributed by atoms with Gasteiger partial charge in [0.25, 0.3) is 0 Å². The van der Waals surface area contributed by atoms with Crippen LogP contribution in [0, 0.1) is 0 Å². The summed E-state index contributed by atoms with van der Waals surface area (Å²) in [6.07, 6.45) is 1.59. The lowest BCUT2D eigenvalue weighted by atomic mass is 10.0. The van der Waals surface area contributed by atoms with Crippen LogP contribution < -0.4 is 21.9 Å². The highest BCUT2D eigenvalue weighted by atomic mass is 16.7. The number of benzene rings is 1. The average molecular weight is 383 g/mol. The van der Waals surface area contributed by atoms with Crippen LogP contribution in [0.4, 0.5) is 17.7 Å². The van der Waals surface area contributed by atoms with Crippen LogP contribution in [0.2, 0.25) is 0 Å². The standard InChI is InChI=1S/C18H21N7O3/c1-26-6-7-27-10-28-15-3-2-11(13-4-5-22-17(20)23-13)8-12(15)14-9-16(19)25-18(21)24-14/h2-5,8-9H,6-7,10H2,1H3,(H2,20,22,23)(H4,19,21,24,25). The van der Waals surface area contributed by atoms with Gasteiger partial charge in [0.15, 0.2) is 6.79 Å². The zero-order valence-electron chi connectivity index (χ0n) is 15.3. The molecule has 1 aromatic carbocycles. The summed E-state index contributed by atoms with van der Waals surface area (Å²) in [7, 11) is 1.60. The first kappa shape index (κ1) is 19.3. The van der Waals surface area contributed by atoms with Crippen molar-refractivity contribution in [3.63, 3.8) is 0 Å². The molecule has 0 amide bonds. The number of nitrogen functional groups attached to an aromatic ring is 3. The molecule has 0 saturated carbocycles. The number of aromatic nitrogens is 4. The Labute approximate surface area is 161 Å². The van der Waals surface area contributed by atoms with E-state index in [1.54, 1.807) is 31.5 Å². The Morgan fingerprint density at radius 3 is 2.46 bits per heavy atom. The minimum Gasteiger partial charge on any atom is -0.467 e. The van der Waals surface area contributed by atoms with Gasteiger partial charge in [-0.05, 0) is 24.3 Å². The lowest BCUT2D eigenvalue weighted by Gasteiger charge is -2.14. The van der Waals surface area contributed by atoms with Crippen molar-refractivity contribution >= 4 is 17.7 Å². The molecular weight excluding hydrogens is 362 g/mol. The molecule has 0 bridgehead atoms. The van der Waals surface area contributed by atoms with E-state index in [0.717, 1.165) is 5.56 Å². The molecule has 0 atom stereocenters. The second-order valence-electron chi connectivity index (χ2n) is 5.71. The predicted molar refractivity (Wildman–Crippen MR) is 105 cm³/mol. The summed E-state index contributed by atoms with van der Waals surface area (Å²) in [6, 6.07) is 8.86. The van der Waals surface area contributed by atoms with Gasteiger partial charge in [-0.2, -0.15) is 4.98 Å². The zero-order chi connectivity index (χ0) is 19.9. The van der Waals surface area contributed by atoms with E-state index in [2.05, 4.69) is 19.9 Å². The Kier molecular flexibility index (Phi) is 6.14. The van der Waals surface area contributed by atoms with E-state index in [4.69, 9.17) is 31.4 Å². The van der Waals surface area contributed by atoms with Gasteiger partial charge in [0, 0.05) is 30.5 Å². The molecule has 0 unspecified atom stereocenters. The maximum atomic E-state index is 5.82. The molecule has 3 rings (SSSR count). The van der Waals surface area contributed by atoms with Gasteiger partial charge in [-0.15, -0.1) is 0 Å². The molecule has 6 N–H and O–H groups in total. The van der Waals surface area contributed by atoms with Gasteiger partial charge in [-0.3, -0.25) is 0 Å². The monoisotopic (exact) mass is 383 g/mol. The number of anilines is 3. The Morgan fingerprint density at radius 1 is 0.893 bits per heavy atom. The van der Waals surface area contributed by atoms with Gasteiger partial charge < -0.3 is 31.4 Å². The first-order chi connectivity index (χ1) is 13.6. The van der Waals surface area contributed by atoms with Crippen molar-refractivity contribution in [2.24, 2.45) is 0 Å². The van der Waals surface area contributed by atoms with E-state index in [0.29, 0.717) is 35.9 Å². The van der Waals surface area contributed by atoms with Crippen molar-refractivity contribution in [1.29, 1.82) is 0 Å². The number of rotatable bonds is 8. The first-order valence-electron chi connectivity index (χ1n) is 8.39. The van der Waals surface area contributed by atoms with E-state index in [1.807, 2.05) is 12.1 Å². The van der Waals surface area contributed by atoms with Crippen LogP contribution >= 0.6 is 0 Å². The number of hydrogen-bond acceptors (Lipinski definition) is 10. The fraction of sp³-hybridized carbons (Fsp3) is 0.222. The van der Waals surface area contributed by atoms with E-state index in [-0.39, 0.29) is 24.5 Å². The molecule has 10 nitrogen and oxygen atoms in total. The van der Waals surface area contributed by atoms with Gasteiger partial charge in [0.05, 0.1) is 24.6 Å². The van der Waals surface area contributed by atoms with Gasteiger partial charge in [-0.1, -0.05) is 0 Å². The summed E-state index contributed by atoms with van der Waals surface area (Å²) in [5.74, 6) is 1.04. The lowest BCUT2D eigenvalue weighted by molar-refractivity contribution is -0.00822. The number of nitrogens with zero attached hydrogens (tertiary/aromatic N) is 4. The van der Waals surface area contributed by atoms with Crippen LogP contribution in [0.3, 0.4) is 0 Å². The molecule has 0 fully saturated rings. The Hall–Kier alpha value is -3.50. The van der Waals surface area contributed by atoms with Gasteiger partial charge in [0.1, 0.15) is 11.6 Å². The summed E-state index contributed by atoms with van der Waals surface area (Å²) in [4.78, 5) is 16.3. The summed E-state index contributed by atoms with van der Waals surface area (Å²) in [5, 5.41) is 0. The van der Waals surface area contributed by atoms with E-state index >= 15 is 0 Å². The fourth-order valence-corrected chi connectivity index (χ4v) is 2.48. The van der Waals surface area contributed by atoms with Crippen molar-refractivity contribution in [3.05, 3.63) is 36.5 Å². The van der Waals surface area contributed by atoms with Crippen LogP contribution in [-0.2, 0) is 9.47 Å². The topological polar surface area (TPSA) is 157 Å². The number of methoxy groups -OCH3 is 1. The van der Waals surface area contributed by atoms with Gasteiger partial charge >= 0.3 is 0 Å². The molecule has 0 saturated heterocycles. The summed E-state index contributed by atoms with van der Waals surface area (Å²) >= 11 is 0. The summed E-state index contributed by atoms with van der Waals surface area (Å²) in [6.45, 7) is 0.938. The van der Waals surface area contributed by atoms with Crippen LogP contribution in [0.1, 0.15) is 0 Å². The van der Waals surface area contributed by atoms with Crippen LogP contribution in [0.25, 0.3) is 22.5 Å². The van der Waals surface area contributed by atoms with E-state index < -0.39 is 0 Å². The van der Waals surface area contributed by atoms with Crippen molar-refractivity contribution in [3.8, 4) is 28.3 Å². The zero-order valence-corrected chi connectivity index (χ0v) is 15.3. The van der Waals surface area contributed by atoms with Gasteiger partial charge in [0.2, 0.25) is 11.9 Å². The summed E-state index contributed by atoms with van der Waals surface area (Å²) in [5.41, 5.74) is 19.9. The second-order valence-corrected chi connectivity index (χ2v) is 5.71. The largest absolute Gasteiger partial charge is 0.467 e. The highest BCUT2D eigenvalue weighted by Gasteiger charge is 2.13. The summed E-state index contributed by atoms with van der Waals surface area (Å²) < 4.78 is 16.1. The third kappa shape index (κ3) is 4.81. The maximum Gasteiger partial charge on any atom is 0.222 e. The average Bonchev–Trinajstić information content (AvgIpc) is 2.67. The molecule has 0 aliphatic heterocycles. The van der Waals surface area contributed by atoms with Crippen LogP contribution in [0.15, 0.2) is 36.5 Å². The van der Waals surface area contributed by atoms with Crippen molar-refractivity contribution < 1.29 is 14.2 Å². The molecule has 3 aromatic rings. The third-order valence-electron chi connectivity index (χ3n) is 3.72. The molecular formula is C18H21N7O3. The van der Waals surface area contributed by atoms with E-state index in [9.17, 15) is 0 Å². The molecule has 10 heteroatoms. The van der Waals surface area contributed by atoms with Crippen molar-refractivity contribution in [2.45, 2.75) is 0 Å². The van der Waals surface area contributed by atoms with Crippen LogP contribution in [0.5, 0.6) is 5.75 Å². The number of hydrogen-bond donors (Lipinski definition) is 3. The minimum atomic E-state index is 0.0478. The SMILES string of the molecule is COCCOCOc1ccc(-c2ccnc(N)n2)cc1-c1cc(N)nc(N)n1. The maximum absolute atomic E-state index is 5.82. The molecule has 2 heterocycles. The highest BCUT2D eigenvalue weighted by molar-refractivity contribution is 5.76. The molecule has 0 aliphatic carbocycles. The van der Waals surface area contributed by atoms with Crippen LogP contribution in [-0.4, -0.2) is 47.1 Å². The Balaban J connectivity index is 1.97. The third-order valence-corrected chi connectivity index (χ3v) is 3.72. The smallest absolute Gasteiger partial charge is 0.222 e. The fourth-order valence-electron chi connectivity index (χ4n) is 2.48. The van der Waals surface area contributed by atoms with Crippen molar-refractivity contribution in [1.82, 2.24) is 19.9 Å². The lowest BCUT2D eigenvalue weighted by Crippen LogP contribution is -2.08. The number of ether oxygens (including phenoxy) is 3.